The fourth-order valence-electron chi connectivity index (χ4n) is 2.09. The van der Waals surface area contributed by atoms with Crippen LogP contribution in [0.15, 0.2) is 0 Å². The molecule has 0 saturated heterocycles. The van der Waals surface area contributed by atoms with E-state index in [0.29, 0.717) is 6.42 Å². The van der Waals surface area contributed by atoms with Gasteiger partial charge in [0.2, 0.25) is 5.91 Å². The number of ether oxygens (including phenoxy) is 2. The van der Waals surface area contributed by atoms with Crippen LogP contribution in [0.25, 0.3) is 0 Å². The summed E-state index contributed by atoms with van der Waals surface area (Å²) in [6.45, 7) is 10.2. The van der Waals surface area contributed by atoms with Gasteiger partial charge in [-0.2, -0.15) is 0 Å². The molecule has 0 rings (SSSR count). The van der Waals surface area contributed by atoms with Gasteiger partial charge in [-0.15, -0.1) is 0 Å². The fourth-order valence-corrected chi connectivity index (χ4v) is 2.23. The molecule has 9 heteroatoms. The standard InChI is InChI=1S/C17H30N2O6S/c1-9(2)13(19-17(23)26)15(21)24-8-7-11(5)25-16(22)14(10(3)4)18-12(6)20/h9-11,13-14H,7-8H2,1-6H3,(H,18,20)(H2,19,23,26). The van der Waals surface area contributed by atoms with Crippen LogP contribution in [0, 0.1) is 11.8 Å². The smallest absolute Gasteiger partial charge is 0.329 e. The molecular formula is C17H30N2O6S. The third-order valence-corrected chi connectivity index (χ3v) is 3.69. The zero-order valence-corrected chi connectivity index (χ0v) is 17.1. The van der Waals surface area contributed by atoms with E-state index >= 15 is 0 Å². The number of amides is 2. The number of hydrogen-bond acceptors (Lipinski definition) is 6. The number of hydrogen-bond donors (Lipinski definition) is 3. The summed E-state index contributed by atoms with van der Waals surface area (Å²) in [5.41, 5.74) is 0. The molecule has 3 atom stereocenters. The van der Waals surface area contributed by atoms with Crippen LogP contribution in [-0.4, -0.2) is 47.9 Å². The van der Waals surface area contributed by atoms with E-state index < -0.39 is 35.4 Å². The lowest BCUT2D eigenvalue weighted by Crippen LogP contribution is -2.45. The summed E-state index contributed by atoms with van der Waals surface area (Å²) in [6.07, 6.45) is -0.204. The Balaban J connectivity index is 4.46. The van der Waals surface area contributed by atoms with E-state index in [1.165, 1.54) is 6.92 Å². The van der Waals surface area contributed by atoms with Crippen molar-refractivity contribution in [1.82, 2.24) is 10.6 Å². The van der Waals surface area contributed by atoms with Crippen molar-refractivity contribution in [1.29, 1.82) is 0 Å². The zero-order valence-electron chi connectivity index (χ0n) is 16.2. The van der Waals surface area contributed by atoms with Crippen LogP contribution < -0.4 is 10.6 Å². The maximum atomic E-state index is 12.1. The Morgan fingerprint density at radius 3 is 1.81 bits per heavy atom. The molecule has 8 nitrogen and oxygen atoms in total. The van der Waals surface area contributed by atoms with Crippen LogP contribution in [-0.2, 0) is 23.9 Å². The van der Waals surface area contributed by atoms with Gasteiger partial charge in [0, 0.05) is 13.3 Å². The Labute approximate surface area is 160 Å². The predicted octanol–water partition coefficient (Wildman–Crippen LogP) is 1.68. The molecule has 3 unspecified atom stereocenters. The van der Waals surface area contributed by atoms with Crippen molar-refractivity contribution in [3.8, 4) is 0 Å². The molecule has 0 spiro atoms. The van der Waals surface area contributed by atoms with Crippen molar-refractivity contribution in [3.63, 3.8) is 0 Å². The monoisotopic (exact) mass is 390 g/mol. The first-order chi connectivity index (χ1) is 12.0. The Kier molecular flexibility index (Phi) is 11.0. The maximum absolute atomic E-state index is 12.1. The molecule has 0 radical (unpaired) electrons. The summed E-state index contributed by atoms with van der Waals surface area (Å²) in [6, 6.07) is -1.52. The number of carbonyl (C=O) groups is 4. The third kappa shape index (κ3) is 9.65. The third-order valence-electron chi connectivity index (χ3n) is 3.56. The minimum atomic E-state index is -0.789. The van der Waals surface area contributed by atoms with Crippen LogP contribution >= 0.6 is 12.6 Å². The van der Waals surface area contributed by atoms with Gasteiger partial charge >= 0.3 is 11.9 Å². The van der Waals surface area contributed by atoms with E-state index in [2.05, 4.69) is 23.3 Å². The molecule has 0 aliphatic rings. The van der Waals surface area contributed by atoms with Crippen molar-refractivity contribution in [3.05, 3.63) is 0 Å². The second kappa shape index (κ2) is 11.8. The van der Waals surface area contributed by atoms with Crippen LogP contribution in [0.2, 0.25) is 0 Å². The van der Waals surface area contributed by atoms with Crippen molar-refractivity contribution in [2.75, 3.05) is 6.61 Å². The van der Waals surface area contributed by atoms with Crippen molar-refractivity contribution in [2.24, 2.45) is 11.8 Å². The largest absolute Gasteiger partial charge is 0.464 e. The highest BCUT2D eigenvalue weighted by molar-refractivity contribution is 7.96. The highest BCUT2D eigenvalue weighted by atomic mass is 32.1. The van der Waals surface area contributed by atoms with E-state index in [1.807, 2.05) is 0 Å². The molecule has 26 heavy (non-hydrogen) atoms. The molecule has 0 saturated carbocycles. The first-order valence-corrected chi connectivity index (χ1v) is 9.04. The normalized spacial score (nSPS) is 14.3. The average molecular weight is 391 g/mol. The van der Waals surface area contributed by atoms with Crippen LogP contribution in [0.4, 0.5) is 4.79 Å². The van der Waals surface area contributed by atoms with Crippen molar-refractivity contribution >= 4 is 35.7 Å². The summed E-state index contributed by atoms with van der Waals surface area (Å²) >= 11 is 3.60. The summed E-state index contributed by atoms with van der Waals surface area (Å²) in [4.78, 5) is 46.4. The highest BCUT2D eigenvalue weighted by Crippen LogP contribution is 2.09. The van der Waals surface area contributed by atoms with E-state index in [-0.39, 0.29) is 24.3 Å². The molecule has 2 N–H and O–H groups in total. The van der Waals surface area contributed by atoms with Crippen molar-refractivity contribution < 1.29 is 28.7 Å². The van der Waals surface area contributed by atoms with Gasteiger partial charge in [0.15, 0.2) is 0 Å². The van der Waals surface area contributed by atoms with Crippen LogP contribution in [0.1, 0.15) is 48.0 Å². The maximum Gasteiger partial charge on any atom is 0.329 e. The molecule has 0 bridgehead atoms. The summed E-state index contributed by atoms with van der Waals surface area (Å²) in [5.74, 6) is -1.68. The number of nitrogens with one attached hydrogen (secondary N) is 2. The Morgan fingerprint density at radius 1 is 0.885 bits per heavy atom. The van der Waals surface area contributed by atoms with E-state index in [1.54, 1.807) is 34.6 Å². The average Bonchev–Trinajstić information content (AvgIpc) is 2.48. The van der Waals surface area contributed by atoms with Gasteiger partial charge in [-0.1, -0.05) is 40.3 Å². The molecule has 0 aromatic rings. The molecule has 0 aliphatic carbocycles. The van der Waals surface area contributed by atoms with Crippen molar-refractivity contribution in [2.45, 2.75) is 66.2 Å². The summed E-state index contributed by atoms with van der Waals surface area (Å²) in [5, 5.41) is 4.37. The zero-order chi connectivity index (χ0) is 20.4. The minimum absolute atomic E-state index is 0.0332. The minimum Gasteiger partial charge on any atom is -0.464 e. The molecule has 150 valence electrons. The predicted molar refractivity (Wildman–Crippen MR) is 99.7 cm³/mol. The number of esters is 2. The van der Waals surface area contributed by atoms with E-state index in [9.17, 15) is 19.2 Å². The lowest BCUT2D eigenvalue weighted by molar-refractivity contribution is -0.155. The van der Waals surface area contributed by atoms with Gasteiger partial charge < -0.3 is 20.1 Å². The van der Waals surface area contributed by atoms with E-state index in [4.69, 9.17) is 9.47 Å². The Morgan fingerprint density at radius 2 is 1.38 bits per heavy atom. The van der Waals surface area contributed by atoms with Gasteiger partial charge in [-0.25, -0.2) is 9.59 Å². The Bertz CT molecular complexity index is 509. The molecule has 0 fully saturated rings. The Hall–Kier alpha value is -1.77. The number of carbonyl (C=O) groups excluding carboxylic acids is 4. The fraction of sp³-hybridized carbons (Fsp3) is 0.765. The lowest BCUT2D eigenvalue weighted by Gasteiger charge is -2.23. The molecule has 0 aromatic carbocycles. The molecule has 0 aromatic heterocycles. The van der Waals surface area contributed by atoms with Gasteiger partial charge in [-0.05, 0) is 18.8 Å². The summed E-state index contributed by atoms with van der Waals surface area (Å²) in [7, 11) is 0. The second-order valence-corrected chi connectivity index (χ2v) is 7.20. The topological polar surface area (TPSA) is 111 Å². The van der Waals surface area contributed by atoms with Gasteiger partial charge in [0.25, 0.3) is 5.24 Å². The molecule has 0 heterocycles. The quantitative estimate of drug-likeness (QED) is 0.387. The van der Waals surface area contributed by atoms with Crippen LogP contribution in [0.5, 0.6) is 0 Å². The SMILES string of the molecule is CC(=O)NC(C(=O)OC(C)CCOC(=O)C(NC(=O)S)C(C)C)C(C)C. The first-order valence-electron chi connectivity index (χ1n) is 8.59. The van der Waals surface area contributed by atoms with Gasteiger partial charge in [0.05, 0.1) is 6.61 Å². The summed E-state index contributed by atoms with van der Waals surface area (Å²) < 4.78 is 10.4. The van der Waals surface area contributed by atoms with Gasteiger partial charge in [0.1, 0.15) is 18.2 Å². The van der Waals surface area contributed by atoms with E-state index in [0.717, 1.165) is 0 Å². The first kappa shape index (κ1) is 24.2. The molecular weight excluding hydrogens is 360 g/mol. The number of thiol groups is 1. The molecule has 0 aliphatic heterocycles. The number of rotatable bonds is 10. The van der Waals surface area contributed by atoms with Crippen LogP contribution in [0.3, 0.4) is 0 Å². The highest BCUT2D eigenvalue weighted by Gasteiger charge is 2.27. The molecule has 2 amide bonds. The van der Waals surface area contributed by atoms with Gasteiger partial charge in [-0.3, -0.25) is 9.59 Å². The second-order valence-electron chi connectivity index (χ2n) is 6.80. The lowest BCUT2D eigenvalue weighted by atomic mass is 10.0.